The number of likely N-dealkylation sites (N-methyl/N-ethyl adjacent to an activating group) is 1. The van der Waals surface area contributed by atoms with Crippen LogP contribution in [-0.2, 0) is 9.53 Å². The Morgan fingerprint density at radius 3 is 2.33 bits per heavy atom. The molecule has 3 aromatic rings. The molecule has 0 saturated heterocycles. The van der Waals surface area contributed by atoms with Crippen LogP contribution < -0.4 is 4.90 Å². The minimum Gasteiger partial charge on any atom is -0.448 e. The summed E-state index contributed by atoms with van der Waals surface area (Å²) in [6, 6.07) is 18.5. The summed E-state index contributed by atoms with van der Waals surface area (Å²) in [4.78, 5) is 27.9. The highest BCUT2D eigenvalue weighted by Crippen LogP contribution is 2.15. The fourth-order valence-corrected chi connectivity index (χ4v) is 2.61. The van der Waals surface area contributed by atoms with Gasteiger partial charge >= 0.3 is 5.97 Å². The quantitative estimate of drug-likeness (QED) is 0.629. The van der Waals surface area contributed by atoms with Gasteiger partial charge in [-0.2, -0.15) is 9.90 Å². The van der Waals surface area contributed by atoms with Crippen molar-refractivity contribution in [1.29, 1.82) is 0 Å². The van der Waals surface area contributed by atoms with E-state index in [1.807, 2.05) is 67.6 Å². The number of amides is 1. The molecule has 1 atom stereocenters. The van der Waals surface area contributed by atoms with E-state index in [-0.39, 0.29) is 11.6 Å². The van der Waals surface area contributed by atoms with Gasteiger partial charge in [0.1, 0.15) is 0 Å². The van der Waals surface area contributed by atoms with Gasteiger partial charge in [0.05, 0.1) is 11.9 Å². The Balaban J connectivity index is 1.68. The van der Waals surface area contributed by atoms with E-state index >= 15 is 0 Å². The lowest BCUT2D eigenvalue weighted by atomic mass is 10.2. The predicted octanol–water partition coefficient (Wildman–Crippen LogP) is 2.87. The van der Waals surface area contributed by atoms with Gasteiger partial charge in [-0.3, -0.25) is 4.79 Å². The number of hydrogen-bond donors (Lipinski definition) is 0. The van der Waals surface area contributed by atoms with E-state index in [1.165, 1.54) is 11.0 Å². The third kappa shape index (κ3) is 4.20. The van der Waals surface area contributed by atoms with Gasteiger partial charge in [0.15, 0.2) is 11.8 Å². The molecule has 0 radical (unpaired) electrons. The number of hydrogen-bond acceptors (Lipinski definition) is 5. The van der Waals surface area contributed by atoms with E-state index < -0.39 is 12.1 Å². The van der Waals surface area contributed by atoms with Crippen LogP contribution in [0.3, 0.4) is 0 Å². The van der Waals surface area contributed by atoms with E-state index in [2.05, 4.69) is 10.2 Å². The maximum absolute atomic E-state index is 12.7. The first kappa shape index (κ1) is 18.3. The maximum atomic E-state index is 12.7. The highest BCUT2D eigenvalue weighted by atomic mass is 16.5. The average Bonchev–Trinajstić information content (AvgIpc) is 3.20. The number of aromatic nitrogens is 3. The number of carbonyl (C=O) groups excluding carboxylic acids is 2. The topological polar surface area (TPSA) is 77.3 Å². The van der Waals surface area contributed by atoms with Crippen molar-refractivity contribution in [2.24, 2.45) is 0 Å². The van der Waals surface area contributed by atoms with Crippen LogP contribution in [-0.4, -0.2) is 39.5 Å². The zero-order chi connectivity index (χ0) is 19.2. The van der Waals surface area contributed by atoms with Gasteiger partial charge in [-0.25, -0.2) is 4.79 Å². The SMILES string of the molecule is CCN(C(=O)[C@H](C)OC(=O)c1cnn(-c2ccccc2)n1)c1ccccc1. The zero-order valence-corrected chi connectivity index (χ0v) is 15.1. The van der Waals surface area contributed by atoms with Gasteiger partial charge in [-0.15, -0.1) is 5.10 Å². The van der Waals surface area contributed by atoms with Crippen LogP contribution in [0.5, 0.6) is 0 Å². The molecule has 0 fully saturated rings. The third-order valence-corrected chi connectivity index (χ3v) is 3.97. The Bertz CT molecular complexity index is 909. The van der Waals surface area contributed by atoms with Crippen LogP contribution >= 0.6 is 0 Å². The smallest absolute Gasteiger partial charge is 0.361 e. The van der Waals surface area contributed by atoms with Gasteiger partial charge in [0.25, 0.3) is 5.91 Å². The van der Waals surface area contributed by atoms with Crippen LogP contribution in [0.25, 0.3) is 5.69 Å². The summed E-state index contributed by atoms with van der Waals surface area (Å²) in [5.74, 6) is -0.991. The zero-order valence-electron chi connectivity index (χ0n) is 15.1. The second-order valence-electron chi connectivity index (χ2n) is 5.82. The molecule has 0 N–H and O–H groups in total. The summed E-state index contributed by atoms with van der Waals surface area (Å²) in [5.41, 5.74) is 1.52. The summed E-state index contributed by atoms with van der Waals surface area (Å²) in [7, 11) is 0. The van der Waals surface area contributed by atoms with Gasteiger partial charge in [0.2, 0.25) is 0 Å². The molecule has 3 rings (SSSR count). The largest absolute Gasteiger partial charge is 0.448 e. The predicted molar refractivity (Wildman–Crippen MR) is 101 cm³/mol. The van der Waals surface area contributed by atoms with Gasteiger partial charge in [-0.05, 0) is 38.1 Å². The highest BCUT2D eigenvalue weighted by Gasteiger charge is 2.25. The molecule has 0 aliphatic rings. The molecule has 0 aliphatic heterocycles. The van der Waals surface area contributed by atoms with E-state index in [1.54, 1.807) is 11.8 Å². The summed E-state index contributed by atoms with van der Waals surface area (Å²) in [6.45, 7) is 3.88. The molecule has 7 nitrogen and oxygen atoms in total. The summed E-state index contributed by atoms with van der Waals surface area (Å²) < 4.78 is 5.31. The number of carbonyl (C=O) groups is 2. The van der Waals surface area contributed by atoms with Crippen LogP contribution in [0.1, 0.15) is 24.3 Å². The fraction of sp³-hybridized carbons (Fsp3) is 0.200. The minimum atomic E-state index is -0.945. The highest BCUT2D eigenvalue weighted by molar-refractivity contribution is 5.98. The van der Waals surface area contributed by atoms with Crippen molar-refractivity contribution < 1.29 is 14.3 Å². The van der Waals surface area contributed by atoms with Gasteiger partial charge in [-0.1, -0.05) is 36.4 Å². The fourth-order valence-electron chi connectivity index (χ4n) is 2.61. The second kappa shape index (κ2) is 8.27. The molecule has 0 spiro atoms. The molecule has 2 aromatic carbocycles. The van der Waals surface area contributed by atoms with Crippen molar-refractivity contribution in [3.63, 3.8) is 0 Å². The normalized spacial score (nSPS) is 11.6. The molecule has 1 aromatic heterocycles. The lowest BCUT2D eigenvalue weighted by molar-refractivity contribution is -0.126. The first-order valence-corrected chi connectivity index (χ1v) is 8.65. The monoisotopic (exact) mass is 364 g/mol. The van der Waals surface area contributed by atoms with Crippen molar-refractivity contribution in [3.05, 3.63) is 72.6 Å². The van der Waals surface area contributed by atoms with Crippen LogP contribution in [0.4, 0.5) is 5.69 Å². The Hall–Kier alpha value is -3.48. The first-order chi connectivity index (χ1) is 13.1. The van der Waals surface area contributed by atoms with Gasteiger partial charge < -0.3 is 9.64 Å². The number of ether oxygens (including phenoxy) is 1. The molecule has 0 aliphatic carbocycles. The maximum Gasteiger partial charge on any atom is 0.361 e. The molecular weight excluding hydrogens is 344 g/mol. The molecule has 0 bridgehead atoms. The molecule has 0 saturated carbocycles. The summed E-state index contributed by atoms with van der Waals surface area (Å²) in [5, 5.41) is 8.19. The lowest BCUT2D eigenvalue weighted by Crippen LogP contribution is -2.40. The van der Waals surface area contributed by atoms with Crippen LogP contribution in [0.15, 0.2) is 66.9 Å². The number of rotatable bonds is 6. The molecule has 7 heteroatoms. The van der Waals surface area contributed by atoms with Crippen molar-refractivity contribution in [2.45, 2.75) is 20.0 Å². The Morgan fingerprint density at radius 1 is 1.07 bits per heavy atom. The van der Waals surface area contributed by atoms with Crippen molar-refractivity contribution >= 4 is 17.6 Å². The Kier molecular flexibility index (Phi) is 5.61. The molecule has 27 heavy (non-hydrogen) atoms. The van der Waals surface area contributed by atoms with Gasteiger partial charge in [0, 0.05) is 12.2 Å². The van der Waals surface area contributed by atoms with E-state index in [0.29, 0.717) is 6.54 Å². The van der Waals surface area contributed by atoms with E-state index in [4.69, 9.17) is 4.74 Å². The third-order valence-electron chi connectivity index (χ3n) is 3.97. The molecule has 1 heterocycles. The van der Waals surface area contributed by atoms with Crippen molar-refractivity contribution in [2.75, 3.05) is 11.4 Å². The van der Waals surface area contributed by atoms with E-state index in [9.17, 15) is 9.59 Å². The second-order valence-corrected chi connectivity index (χ2v) is 5.82. The van der Waals surface area contributed by atoms with E-state index in [0.717, 1.165) is 11.4 Å². The molecular formula is C20H20N4O3. The molecule has 0 unspecified atom stereocenters. The Morgan fingerprint density at radius 2 is 1.70 bits per heavy atom. The number of anilines is 1. The number of benzene rings is 2. The Labute approximate surface area is 157 Å². The average molecular weight is 364 g/mol. The summed E-state index contributed by atoms with van der Waals surface area (Å²) >= 11 is 0. The first-order valence-electron chi connectivity index (χ1n) is 8.65. The van der Waals surface area contributed by atoms with Crippen molar-refractivity contribution in [3.8, 4) is 5.69 Å². The number of esters is 1. The number of para-hydroxylation sites is 2. The van der Waals surface area contributed by atoms with Crippen LogP contribution in [0.2, 0.25) is 0 Å². The summed E-state index contributed by atoms with van der Waals surface area (Å²) in [6.07, 6.45) is 0.376. The van der Waals surface area contributed by atoms with Crippen LogP contribution in [0, 0.1) is 0 Å². The number of nitrogens with zero attached hydrogens (tertiary/aromatic N) is 4. The molecule has 1 amide bonds. The molecule has 138 valence electrons. The minimum absolute atomic E-state index is 0.0428. The lowest BCUT2D eigenvalue weighted by Gasteiger charge is -2.24. The standard InChI is InChI=1S/C20H20N4O3/c1-3-23(16-10-6-4-7-11-16)19(25)15(2)27-20(26)18-14-21-24(22-18)17-12-8-5-9-13-17/h4-15H,3H2,1-2H3/t15-/m0/s1. The van der Waals surface area contributed by atoms with Crippen molar-refractivity contribution in [1.82, 2.24) is 15.0 Å².